The minimum atomic E-state index is -2.88. The van der Waals surface area contributed by atoms with E-state index in [1.807, 2.05) is 0 Å². The highest BCUT2D eigenvalue weighted by Gasteiger charge is 2.32. The molecular formula is C8H6O12S10. The fourth-order valence-corrected chi connectivity index (χ4v) is 14.1. The maximum absolute atomic E-state index is 11.7. The zero-order chi connectivity index (χ0) is 22.9. The molecular weight excluding hydrogens is 609 g/mol. The van der Waals surface area contributed by atoms with Crippen LogP contribution in [0.25, 0.3) is 0 Å². The smallest absolute Gasteiger partial charge is 0.198 e. The quantitative estimate of drug-likeness (QED) is 0.176. The molecule has 6 atom stereocenters. The Kier molecular flexibility index (Phi) is 10.1. The molecule has 6 N–H and O–H groups in total. The molecule has 0 saturated carbocycles. The van der Waals surface area contributed by atoms with E-state index >= 15 is 0 Å². The van der Waals surface area contributed by atoms with Crippen molar-refractivity contribution in [2.45, 2.75) is 36.4 Å². The van der Waals surface area contributed by atoms with Gasteiger partial charge in [-0.1, -0.05) is 0 Å². The zero-order valence-corrected chi connectivity index (χ0v) is 21.4. The van der Waals surface area contributed by atoms with E-state index in [1.54, 1.807) is 0 Å². The van der Waals surface area contributed by atoms with Crippen LogP contribution in [-0.4, -0.2) is 52.6 Å². The van der Waals surface area contributed by atoms with Crippen LogP contribution in [-0.2, 0) is 66.5 Å². The van der Waals surface area contributed by atoms with Gasteiger partial charge in [0.25, 0.3) is 0 Å². The lowest BCUT2D eigenvalue weighted by atomic mass is 10.6. The van der Waals surface area contributed by atoms with Gasteiger partial charge in [-0.25, -0.2) is 25.3 Å². The summed E-state index contributed by atoms with van der Waals surface area (Å²) in [5.41, 5.74) is 0. The van der Waals surface area contributed by atoms with Gasteiger partial charge < -0.3 is 27.3 Å². The predicted molar refractivity (Wildman–Crippen MR) is 115 cm³/mol. The van der Waals surface area contributed by atoms with Gasteiger partial charge in [0.05, 0.1) is 9.79 Å². The Hall–Kier alpha value is 0.760. The second kappa shape index (κ2) is 11.3. The molecule has 12 nitrogen and oxygen atoms in total. The molecule has 0 amide bonds. The Morgan fingerprint density at radius 2 is 0.733 bits per heavy atom. The molecule has 2 rings (SSSR count). The van der Waals surface area contributed by atoms with Crippen molar-refractivity contribution in [3.05, 3.63) is 0 Å². The first kappa shape index (κ1) is 27.0. The maximum Gasteiger partial charge on any atom is 0.198 e. The third-order valence-electron chi connectivity index (χ3n) is 2.72. The van der Waals surface area contributed by atoms with Crippen LogP contribution >= 0.6 is 44.3 Å². The predicted octanol–water partition coefficient (Wildman–Crippen LogP) is 2.09. The van der Waals surface area contributed by atoms with Crippen molar-refractivity contribution in [2.24, 2.45) is 0 Å². The van der Waals surface area contributed by atoms with Gasteiger partial charge >= 0.3 is 0 Å². The van der Waals surface area contributed by atoms with Gasteiger partial charge in [-0.05, 0) is 21.6 Å². The molecule has 22 heteroatoms. The second-order valence-electron chi connectivity index (χ2n) is 4.33. The van der Waals surface area contributed by atoms with Gasteiger partial charge in [0.1, 0.15) is 26.6 Å². The van der Waals surface area contributed by atoms with Gasteiger partial charge in [-0.15, -0.1) is 22.7 Å². The van der Waals surface area contributed by atoms with E-state index in [9.17, 15) is 52.6 Å². The van der Waals surface area contributed by atoms with Gasteiger partial charge in [0.15, 0.2) is 66.5 Å². The third-order valence-corrected chi connectivity index (χ3v) is 14.4. The van der Waals surface area contributed by atoms with E-state index < -0.39 is 103 Å². The lowest BCUT2D eigenvalue weighted by molar-refractivity contribution is 0.549. The minimum absolute atomic E-state index is 0.305. The highest BCUT2D eigenvalue weighted by atomic mass is 33.1. The summed E-state index contributed by atoms with van der Waals surface area (Å²) in [6.07, 6.45) is 0. The maximum atomic E-state index is 11.7. The standard InChI is InChI=1S/C8H6O12S10/c9-25(10)3-1(5(27(13)14)21-7(3)29(17)18)23-24-2-4(26(11)12)8(30(19)20)22-6(2)28(15)16/h(H,9,10)(H,11,12)(H,13,14)(H,15,16)(H,17,18)(H,19,20). The summed E-state index contributed by atoms with van der Waals surface area (Å²) in [7, 11) is 0.840. The lowest BCUT2D eigenvalue weighted by Gasteiger charge is -2.05. The average molecular weight is 615 g/mol. The number of thiophene rings is 2. The van der Waals surface area contributed by atoms with E-state index in [-0.39, 0.29) is 0 Å². The summed E-state index contributed by atoms with van der Waals surface area (Å²) in [6.45, 7) is 0. The van der Waals surface area contributed by atoms with Crippen molar-refractivity contribution < 1.29 is 52.6 Å². The average Bonchev–Trinajstić information content (AvgIpc) is 3.18. The first-order valence-electron chi connectivity index (χ1n) is 6.21. The van der Waals surface area contributed by atoms with Crippen LogP contribution in [0.15, 0.2) is 36.4 Å². The van der Waals surface area contributed by atoms with Gasteiger partial charge in [-0.3, -0.25) is 0 Å². The molecule has 0 spiro atoms. The van der Waals surface area contributed by atoms with Crippen molar-refractivity contribution in [2.75, 3.05) is 0 Å². The Morgan fingerprint density at radius 3 is 0.933 bits per heavy atom. The summed E-state index contributed by atoms with van der Waals surface area (Å²) >= 11 is -16.3. The molecule has 2 heterocycles. The highest BCUT2D eigenvalue weighted by Crippen LogP contribution is 2.52. The van der Waals surface area contributed by atoms with Crippen molar-refractivity contribution in [1.29, 1.82) is 0 Å². The van der Waals surface area contributed by atoms with Crippen LogP contribution in [0.5, 0.6) is 0 Å². The first-order chi connectivity index (χ1) is 13.9. The van der Waals surface area contributed by atoms with Crippen molar-refractivity contribution >= 4 is 111 Å². The molecule has 6 unspecified atom stereocenters. The Bertz CT molecular complexity index is 1040. The van der Waals surface area contributed by atoms with E-state index in [1.165, 1.54) is 0 Å². The Morgan fingerprint density at radius 1 is 0.467 bits per heavy atom. The highest BCUT2D eigenvalue weighted by molar-refractivity contribution is 8.76. The van der Waals surface area contributed by atoms with Gasteiger partial charge in [0, 0.05) is 0 Å². The van der Waals surface area contributed by atoms with Crippen LogP contribution < -0.4 is 0 Å². The van der Waals surface area contributed by atoms with Gasteiger partial charge in [-0.2, -0.15) is 0 Å². The number of hydrogen-bond acceptors (Lipinski definition) is 10. The summed E-state index contributed by atoms with van der Waals surface area (Å²) in [5, 5.41) is 0. The Labute approximate surface area is 198 Å². The molecule has 0 aliphatic rings. The molecule has 0 saturated heterocycles. The zero-order valence-electron chi connectivity index (χ0n) is 13.2. The van der Waals surface area contributed by atoms with Crippen molar-refractivity contribution in [3.8, 4) is 0 Å². The molecule has 0 bridgehead atoms. The topological polar surface area (TPSA) is 224 Å². The molecule has 170 valence electrons. The molecule has 0 radical (unpaired) electrons. The summed E-state index contributed by atoms with van der Waals surface area (Å²) in [4.78, 5) is -2.11. The van der Waals surface area contributed by atoms with Crippen molar-refractivity contribution in [3.63, 3.8) is 0 Å². The number of rotatable bonds is 9. The van der Waals surface area contributed by atoms with E-state index in [4.69, 9.17) is 0 Å². The Balaban J connectivity index is 2.67. The largest absolute Gasteiger partial charge is 0.302 e. The van der Waals surface area contributed by atoms with Crippen LogP contribution in [0, 0.1) is 0 Å². The van der Waals surface area contributed by atoms with E-state index in [0.717, 1.165) is 0 Å². The van der Waals surface area contributed by atoms with Crippen LogP contribution in [0.4, 0.5) is 0 Å². The number of hydrogen-bond donors (Lipinski definition) is 6. The molecule has 0 fully saturated rings. The van der Waals surface area contributed by atoms with Gasteiger partial charge in [0.2, 0.25) is 0 Å². The monoisotopic (exact) mass is 614 g/mol. The molecule has 2 aromatic rings. The molecule has 0 aliphatic heterocycles. The molecule has 0 aliphatic carbocycles. The summed E-state index contributed by atoms with van der Waals surface area (Å²) < 4.78 is 124. The fraction of sp³-hybridized carbons (Fsp3) is 0. The molecule has 2 aromatic heterocycles. The fourth-order valence-electron chi connectivity index (χ4n) is 1.71. The van der Waals surface area contributed by atoms with Crippen LogP contribution in [0.2, 0.25) is 0 Å². The lowest BCUT2D eigenvalue weighted by Crippen LogP contribution is -1.97. The second-order valence-corrected chi connectivity index (χ2v) is 15.0. The van der Waals surface area contributed by atoms with E-state index in [2.05, 4.69) is 0 Å². The van der Waals surface area contributed by atoms with Crippen LogP contribution in [0.1, 0.15) is 0 Å². The van der Waals surface area contributed by atoms with Crippen LogP contribution in [0.3, 0.4) is 0 Å². The van der Waals surface area contributed by atoms with Crippen molar-refractivity contribution in [1.82, 2.24) is 0 Å². The normalized spacial score (nSPS) is 17.9. The summed E-state index contributed by atoms with van der Waals surface area (Å²) in [5.74, 6) is 0. The molecule has 0 aromatic carbocycles. The first-order valence-corrected chi connectivity index (χ1v) is 16.6. The SMILES string of the molecule is O=S(O)c1sc(S(=O)O)c(S(=O)O)c1SSc1c(S(=O)O)sc(S(=O)O)c1S(=O)O. The minimum Gasteiger partial charge on any atom is -0.302 e. The third kappa shape index (κ3) is 5.81. The van der Waals surface area contributed by atoms with E-state index in [0.29, 0.717) is 44.3 Å². The summed E-state index contributed by atoms with van der Waals surface area (Å²) in [6, 6.07) is 0. The molecule has 30 heavy (non-hydrogen) atoms.